The number of aliphatic hydroxyl groups is 1. The molecule has 0 radical (unpaired) electrons. The first-order valence-electron chi connectivity index (χ1n) is 7.62. The van der Waals surface area contributed by atoms with E-state index in [0.717, 1.165) is 28.5 Å². The monoisotopic (exact) mass is 305 g/mol. The molecule has 1 N–H and O–H groups in total. The molecule has 1 aromatic heterocycles. The summed E-state index contributed by atoms with van der Waals surface area (Å²) in [6.07, 6.45) is 5.95. The molecule has 1 aliphatic carbocycles. The molecule has 0 atom stereocenters. The topological polar surface area (TPSA) is 40.5 Å². The van der Waals surface area contributed by atoms with Gasteiger partial charge in [0.1, 0.15) is 6.61 Å². The zero-order chi connectivity index (χ0) is 15.2. The molecule has 2 rings (SSSR count). The number of nitrogens with zero attached hydrogens (tertiary/aromatic N) is 1. The molecule has 4 heteroatoms. The Balaban J connectivity index is 1.97. The predicted octanol–water partition coefficient (Wildman–Crippen LogP) is 3.13. The van der Waals surface area contributed by atoms with E-state index < -0.39 is 0 Å². The summed E-state index contributed by atoms with van der Waals surface area (Å²) in [5.74, 6) is 6.40. The van der Waals surface area contributed by atoms with E-state index in [0.29, 0.717) is 6.04 Å². The van der Waals surface area contributed by atoms with Gasteiger partial charge in [-0.25, -0.2) is 0 Å². The number of carbonyl (C=O) groups is 1. The SMILES string of the molecule is CCC1CCC(N(C)C(=O)c2ccc(C#CCO)s2)CC1. The van der Waals surface area contributed by atoms with Gasteiger partial charge in [-0.15, -0.1) is 11.3 Å². The molecular formula is C17H23NO2S. The maximum atomic E-state index is 12.5. The third-order valence-corrected chi connectivity index (χ3v) is 5.36. The zero-order valence-electron chi connectivity index (χ0n) is 12.8. The van der Waals surface area contributed by atoms with Crippen molar-refractivity contribution in [3.63, 3.8) is 0 Å². The van der Waals surface area contributed by atoms with Gasteiger partial charge >= 0.3 is 0 Å². The van der Waals surface area contributed by atoms with Crippen molar-refractivity contribution in [2.24, 2.45) is 5.92 Å². The fourth-order valence-corrected chi connectivity index (χ4v) is 3.79. The highest BCUT2D eigenvalue weighted by Gasteiger charge is 2.26. The lowest BCUT2D eigenvalue weighted by molar-refractivity contribution is 0.0679. The molecule has 1 heterocycles. The van der Waals surface area contributed by atoms with Crippen molar-refractivity contribution in [2.75, 3.05) is 13.7 Å². The minimum Gasteiger partial charge on any atom is -0.384 e. The number of amides is 1. The second-order valence-corrected chi connectivity index (χ2v) is 6.71. The number of thiophene rings is 1. The first kappa shape index (κ1) is 16.1. The first-order chi connectivity index (χ1) is 10.2. The second-order valence-electron chi connectivity index (χ2n) is 5.62. The average molecular weight is 305 g/mol. The fraction of sp³-hybridized carbons (Fsp3) is 0.588. The van der Waals surface area contributed by atoms with Crippen LogP contribution in [0.4, 0.5) is 0 Å². The number of hydrogen-bond acceptors (Lipinski definition) is 3. The molecule has 1 aliphatic rings. The Morgan fingerprint density at radius 1 is 1.38 bits per heavy atom. The van der Waals surface area contributed by atoms with Crippen LogP contribution < -0.4 is 0 Å². The molecule has 0 aromatic carbocycles. The van der Waals surface area contributed by atoms with E-state index in [1.54, 1.807) is 0 Å². The highest BCUT2D eigenvalue weighted by molar-refractivity contribution is 7.14. The molecule has 1 fully saturated rings. The third kappa shape index (κ3) is 4.09. The lowest BCUT2D eigenvalue weighted by atomic mass is 9.84. The van der Waals surface area contributed by atoms with Crippen LogP contribution >= 0.6 is 11.3 Å². The fourth-order valence-electron chi connectivity index (χ4n) is 2.93. The minimum atomic E-state index is -0.151. The molecule has 0 aliphatic heterocycles. The van der Waals surface area contributed by atoms with Crippen LogP contribution in [0.2, 0.25) is 0 Å². The van der Waals surface area contributed by atoms with Gasteiger partial charge in [0.15, 0.2) is 0 Å². The Hall–Kier alpha value is -1.31. The van der Waals surface area contributed by atoms with Crippen molar-refractivity contribution in [2.45, 2.75) is 45.1 Å². The van der Waals surface area contributed by atoms with Gasteiger partial charge in [0.25, 0.3) is 5.91 Å². The molecule has 3 nitrogen and oxygen atoms in total. The van der Waals surface area contributed by atoms with Crippen LogP contribution in [0.3, 0.4) is 0 Å². The summed E-state index contributed by atoms with van der Waals surface area (Å²) in [4.78, 5) is 16.0. The number of rotatable bonds is 3. The minimum absolute atomic E-state index is 0.0944. The van der Waals surface area contributed by atoms with Gasteiger partial charge in [0.05, 0.1) is 9.75 Å². The molecule has 114 valence electrons. The van der Waals surface area contributed by atoms with E-state index in [1.165, 1.54) is 30.6 Å². The van der Waals surface area contributed by atoms with E-state index in [2.05, 4.69) is 18.8 Å². The lowest BCUT2D eigenvalue weighted by Gasteiger charge is -2.34. The number of carbonyl (C=O) groups excluding carboxylic acids is 1. The molecular weight excluding hydrogens is 282 g/mol. The van der Waals surface area contributed by atoms with Crippen molar-refractivity contribution < 1.29 is 9.90 Å². The Kier molecular flexibility index (Phi) is 5.84. The van der Waals surface area contributed by atoms with Crippen molar-refractivity contribution in [3.8, 4) is 11.8 Å². The summed E-state index contributed by atoms with van der Waals surface area (Å²) in [6, 6.07) is 4.06. The molecule has 1 amide bonds. The van der Waals surface area contributed by atoms with Gasteiger partial charge < -0.3 is 10.0 Å². The Morgan fingerprint density at radius 2 is 2.10 bits per heavy atom. The standard InChI is InChI=1S/C17H23NO2S/c1-3-13-6-8-14(9-7-13)18(2)17(20)16-11-10-15(21-16)5-4-12-19/h10-11,13-14,19H,3,6-9,12H2,1-2H3. The largest absolute Gasteiger partial charge is 0.384 e. The van der Waals surface area contributed by atoms with Gasteiger partial charge in [-0.1, -0.05) is 25.2 Å². The maximum Gasteiger partial charge on any atom is 0.263 e. The van der Waals surface area contributed by atoms with E-state index in [9.17, 15) is 4.79 Å². The molecule has 0 spiro atoms. The Morgan fingerprint density at radius 3 is 2.71 bits per heavy atom. The van der Waals surface area contributed by atoms with Gasteiger partial charge in [-0.2, -0.15) is 0 Å². The Bertz CT molecular complexity index is 532. The molecule has 0 saturated heterocycles. The van der Waals surface area contributed by atoms with Crippen LogP contribution in [0, 0.1) is 17.8 Å². The van der Waals surface area contributed by atoms with Crippen LogP contribution in [0.15, 0.2) is 12.1 Å². The van der Waals surface area contributed by atoms with Crippen LogP contribution in [0.1, 0.15) is 53.6 Å². The van der Waals surface area contributed by atoms with Gasteiger partial charge in [-0.3, -0.25) is 4.79 Å². The number of hydrogen-bond donors (Lipinski definition) is 1. The molecule has 1 aromatic rings. The zero-order valence-corrected chi connectivity index (χ0v) is 13.6. The average Bonchev–Trinajstić information content (AvgIpc) is 3.00. The van der Waals surface area contributed by atoms with Crippen LogP contribution in [0.25, 0.3) is 0 Å². The van der Waals surface area contributed by atoms with Crippen molar-refractivity contribution in [1.29, 1.82) is 0 Å². The Labute approximate surface area is 131 Å². The van der Waals surface area contributed by atoms with E-state index >= 15 is 0 Å². The van der Waals surface area contributed by atoms with E-state index in [-0.39, 0.29) is 12.5 Å². The molecule has 21 heavy (non-hydrogen) atoms. The second kappa shape index (κ2) is 7.63. The lowest BCUT2D eigenvalue weighted by Crippen LogP contribution is -2.39. The van der Waals surface area contributed by atoms with E-state index in [1.807, 2.05) is 24.1 Å². The van der Waals surface area contributed by atoms with Gasteiger partial charge in [0, 0.05) is 13.1 Å². The number of aliphatic hydroxyl groups excluding tert-OH is 1. The van der Waals surface area contributed by atoms with Crippen LogP contribution in [-0.2, 0) is 0 Å². The van der Waals surface area contributed by atoms with Crippen molar-refractivity contribution in [3.05, 3.63) is 21.9 Å². The normalized spacial score (nSPS) is 21.5. The summed E-state index contributed by atoms with van der Waals surface area (Å²) in [5.41, 5.74) is 0. The summed E-state index contributed by atoms with van der Waals surface area (Å²) in [7, 11) is 1.91. The van der Waals surface area contributed by atoms with Crippen molar-refractivity contribution >= 4 is 17.2 Å². The molecule has 0 bridgehead atoms. The summed E-state index contributed by atoms with van der Waals surface area (Å²) in [6.45, 7) is 2.10. The predicted molar refractivity (Wildman–Crippen MR) is 86.4 cm³/mol. The third-order valence-electron chi connectivity index (χ3n) is 4.37. The first-order valence-corrected chi connectivity index (χ1v) is 8.44. The van der Waals surface area contributed by atoms with Gasteiger partial charge in [0.2, 0.25) is 0 Å². The van der Waals surface area contributed by atoms with E-state index in [4.69, 9.17) is 5.11 Å². The van der Waals surface area contributed by atoms with Crippen molar-refractivity contribution in [1.82, 2.24) is 4.90 Å². The summed E-state index contributed by atoms with van der Waals surface area (Å²) in [5, 5.41) is 8.70. The smallest absolute Gasteiger partial charge is 0.263 e. The summed E-state index contributed by atoms with van der Waals surface area (Å²) < 4.78 is 0. The highest BCUT2D eigenvalue weighted by Crippen LogP contribution is 2.30. The van der Waals surface area contributed by atoms with Gasteiger partial charge in [-0.05, 0) is 43.7 Å². The van der Waals surface area contributed by atoms with Crippen LogP contribution in [0.5, 0.6) is 0 Å². The van der Waals surface area contributed by atoms with Crippen LogP contribution in [-0.4, -0.2) is 35.6 Å². The molecule has 1 saturated carbocycles. The summed E-state index contributed by atoms with van der Waals surface area (Å²) >= 11 is 1.40. The highest BCUT2D eigenvalue weighted by atomic mass is 32.1. The quantitative estimate of drug-likeness (QED) is 0.872. The molecule has 0 unspecified atom stereocenters. The maximum absolute atomic E-state index is 12.5.